The normalized spacial score (nSPS) is 10.5. The zero-order valence-corrected chi connectivity index (χ0v) is 38.3. The van der Waals surface area contributed by atoms with E-state index in [0.717, 1.165) is 21.3 Å². The number of esters is 1. The van der Waals surface area contributed by atoms with Gasteiger partial charge in [-0.05, 0) is 125 Å². The molecule has 0 heterocycles. The average molecular weight is 977 g/mol. The molecule has 0 amide bonds. The standard InChI is InChI=1S/C22H18Br4.C22H22.C4H8O2/c23-11-15-1-5-17(6-2-15)21-9-20(14-26)22(10-19(21)13-25)18-7-3-16(12-24)4-8-18;1-15-5-9-19(10-6-15)21-13-18(4)22(14-17(21)3)20-11-7-16(2)8-12-20;1-3-6-4(2)5/h1-10H,11-14H2;5-14H,1-4H3;3H2,1-2H3. The molecule has 6 heteroatoms. The van der Waals surface area contributed by atoms with Crippen molar-refractivity contribution < 1.29 is 9.53 Å². The van der Waals surface area contributed by atoms with Crippen LogP contribution in [-0.2, 0) is 30.9 Å². The van der Waals surface area contributed by atoms with Crippen LogP contribution < -0.4 is 0 Å². The van der Waals surface area contributed by atoms with Gasteiger partial charge in [0.1, 0.15) is 0 Å². The Hall–Kier alpha value is -3.29. The molecular weight excluding hydrogens is 928 g/mol. The molecule has 0 spiro atoms. The second-order valence-electron chi connectivity index (χ2n) is 13.2. The molecule has 6 rings (SSSR count). The Morgan fingerprint density at radius 3 is 1.04 bits per heavy atom. The van der Waals surface area contributed by atoms with Crippen LogP contribution in [0.1, 0.15) is 58.4 Å². The van der Waals surface area contributed by atoms with Gasteiger partial charge in [0.25, 0.3) is 0 Å². The van der Waals surface area contributed by atoms with Gasteiger partial charge in [-0.3, -0.25) is 4.79 Å². The third-order valence-corrected chi connectivity index (χ3v) is 11.6. The molecule has 54 heavy (non-hydrogen) atoms. The lowest BCUT2D eigenvalue weighted by Gasteiger charge is -2.16. The first-order valence-corrected chi connectivity index (χ1v) is 22.5. The lowest BCUT2D eigenvalue weighted by Crippen LogP contribution is -1.95. The molecule has 0 fully saturated rings. The van der Waals surface area contributed by atoms with E-state index in [2.05, 4.69) is 217 Å². The predicted octanol–water partition coefficient (Wildman–Crippen LogP) is 15.4. The molecule has 2 nitrogen and oxygen atoms in total. The van der Waals surface area contributed by atoms with Crippen molar-refractivity contribution in [1.29, 1.82) is 0 Å². The summed E-state index contributed by atoms with van der Waals surface area (Å²) in [6.45, 7) is 12.3. The van der Waals surface area contributed by atoms with Gasteiger partial charge in [-0.2, -0.15) is 0 Å². The van der Waals surface area contributed by atoms with E-state index in [0.29, 0.717) is 6.61 Å². The molecule has 0 atom stereocenters. The molecule has 6 aromatic carbocycles. The van der Waals surface area contributed by atoms with Gasteiger partial charge >= 0.3 is 5.97 Å². The number of hydrogen-bond acceptors (Lipinski definition) is 2. The number of carbonyl (C=O) groups is 1. The number of ether oxygens (including phenoxy) is 1. The summed E-state index contributed by atoms with van der Waals surface area (Å²) in [6, 6.07) is 44.4. The molecular formula is C48H48Br4O2. The molecule has 0 aliphatic carbocycles. The van der Waals surface area contributed by atoms with E-state index in [1.165, 1.54) is 95.9 Å². The van der Waals surface area contributed by atoms with Crippen molar-refractivity contribution in [2.24, 2.45) is 0 Å². The van der Waals surface area contributed by atoms with Crippen LogP contribution >= 0.6 is 63.7 Å². The van der Waals surface area contributed by atoms with Crippen LogP contribution in [0.5, 0.6) is 0 Å². The summed E-state index contributed by atoms with van der Waals surface area (Å²) in [5, 5.41) is 3.43. The summed E-state index contributed by atoms with van der Waals surface area (Å²) in [5.74, 6) is -0.211. The van der Waals surface area contributed by atoms with Gasteiger partial charge in [0, 0.05) is 28.2 Å². The van der Waals surface area contributed by atoms with Gasteiger partial charge in [-0.25, -0.2) is 0 Å². The summed E-state index contributed by atoms with van der Waals surface area (Å²) in [5.41, 5.74) is 20.8. The average Bonchev–Trinajstić information content (AvgIpc) is 3.19. The fourth-order valence-electron chi connectivity index (χ4n) is 6.10. The van der Waals surface area contributed by atoms with Crippen LogP contribution in [0, 0.1) is 27.7 Å². The number of benzene rings is 6. The highest BCUT2D eigenvalue weighted by molar-refractivity contribution is 9.09. The number of carbonyl (C=O) groups excluding carboxylic acids is 1. The van der Waals surface area contributed by atoms with Crippen molar-refractivity contribution in [2.75, 3.05) is 6.61 Å². The van der Waals surface area contributed by atoms with Crippen molar-refractivity contribution in [3.8, 4) is 44.5 Å². The van der Waals surface area contributed by atoms with Gasteiger partial charge < -0.3 is 4.74 Å². The highest BCUT2D eigenvalue weighted by Gasteiger charge is 2.13. The summed E-state index contributed by atoms with van der Waals surface area (Å²) in [4.78, 5) is 9.82. The lowest BCUT2D eigenvalue weighted by atomic mass is 9.91. The Kier molecular flexibility index (Phi) is 17.5. The third-order valence-electron chi connectivity index (χ3n) is 9.10. The first-order chi connectivity index (χ1) is 26.0. The minimum Gasteiger partial charge on any atom is -0.466 e. The Bertz CT molecular complexity index is 1960. The molecule has 280 valence electrons. The largest absolute Gasteiger partial charge is 0.466 e. The minimum atomic E-state index is -0.211. The third kappa shape index (κ3) is 12.1. The maximum atomic E-state index is 9.82. The van der Waals surface area contributed by atoms with Crippen molar-refractivity contribution in [3.63, 3.8) is 0 Å². The molecule has 0 radical (unpaired) electrons. The van der Waals surface area contributed by atoms with E-state index in [9.17, 15) is 4.79 Å². The van der Waals surface area contributed by atoms with Gasteiger partial charge in [-0.15, -0.1) is 0 Å². The van der Waals surface area contributed by atoms with Gasteiger partial charge in [0.15, 0.2) is 0 Å². The SMILES string of the molecule is BrCc1ccc(-c2cc(CBr)c(-c3ccc(CBr)cc3)cc2CBr)cc1.CCOC(C)=O.Cc1ccc(-c2cc(C)c(-c3ccc(C)cc3)cc2C)cc1. The molecule has 0 saturated heterocycles. The zero-order chi connectivity index (χ0) is 39.2. The lowest BCUT2D eigenvalue weighted by molar-refractivity contribution is -0.140. The van der Waals surface area contributed by atoms with Crippen LogP contribution in [-0.4, -0.2) is 12.6 Å². The van der Waals surface area contributed by atoms with Crippen LogP contribution in [0.25, 0.3) is 44.5 Å². The Labute approximate surface area is 356 Å². The van der Waals surface area contributed by atoms with Gasteiger partial charge in [0.05, 0.1) is 6.61 Å². The summed E-state index contributed by atoms with van der Waals surface area (Å²) in [7, 11) is 0. The summed E-state index contributed by atoms with van der Waals surface area (Å²) >= 11 is 14.4. The minimum absolute atomic E-state index is 0.211. The van der Waals surface area contributed by atoms with Crippen molar-refractivity contribution in [2.45, 2.75) is 62.9 Å². The fourth-order valence-corrected chi connectivity index (χ4v) is 7.78. The van der Waals surface area contributed by atoms with Crippen molar-refractivity contribution in [3.05, 3.63) is 166 Å². The Balaban J connectivity index is 0.000000211. The molecule has 0 aliphatic rings. The smallest absolute Gasteiger partial charge is 0.302 e. The van der Waals surface area contributed by atoms with E-state index in [4.69, 9.17) is 0 Å². The van der Waals surface area contributed by atoms with Crippen LogP contribution in [0.4, 0.5) is 0 Å². The molecule has 0 bridgehead atoms. The molecule has 0 aromatic heterocycles. The van der Waals surface area contributed by atoms with E-state index >= 15 is 0 Å². The van der Waals surface area contributed by atoms with Crippen molar-refractivity contribution in [1.82, 2.24) is 0 Å². The number of alkyl halides is 4. The molecule has 0 saturated carbocycles. The molecule has 0 aliphatic heterocycles. The number of hydrogen-bond donors (Lipinski definition) is 0. The first kappa shape index (κ1) is 43.4. The van der Waals surface area contributed by atoms with E-state index in [-0.39, 0.29) is 5.97 Å². The first-order valence-electron chi connectivity index (χ1n) is 18.0. The number of halogens is 4. The van der Waals surface area contributed by atoms with E-state index < -0.39 is 0 Å². The van der Waals surface area contributed by atoms with Crippen LogP contribution in [0.3, 0.4) is 0 Å². The fraction of sp³-hybridized carbons (Fsp3) is 0.229. The number of rotatable bonds is 9. The second kappa shape index (κ2) is 21.7. The number of aryl methyl sites for hydroxylation is 4. The predicted molar refractivity (Wildman–Crippen MR) is 246 cm³/mol. The highest BCUT2D eigenvalue weighted by atomic mass is 79.9. The Morgan fingerprint density at radius 1 is 0.463 bits per heavy atom. The van der Waals surface area contributed by atoms with Gasteiger partial charge in [0.2, 0.25) is 0 Å². The summed E-state index contributed by atoms with van der Waals surface area (Å²) in [6.07, 6.45) is 0. The molecule has 0 N–H and O–H groups in total. The highest BCUT2D eigenvalue weighted by Crippen LogP contribution is 2.36. The monoisotopic (exact) mass is 972 g/mol. The molecule has 0 unspecified atom stereocenters. The second-order valence-corrected chi connectivity index (χ2v) is 15.5. The molecule has 6 aromatic rings. The maximum Gasteiger partial charge on any atom is 0.302 e. The van der Waals surface area contributed by atoms with Crippen LogP contribution in [0.15, 0.2) is 121 Å². The maximum absolute atomic E-state index is 9.82. The zero-order valence-electron chi connectivity index (χ0n) is 31.9. The quantitative estimate of drug-likeness (QED) is 0.107. The van der Waals surface area contributed by atoms with E-state index in [1.54, 1.807) is 6.92 Å². The van der Waals surface area contributed by atoms with Gasteiger partial charge in [-0.1, -0.05) is 184 Å². The van der Waals surface area contributed by atoms with E-state index in [1.807, 2.05) is 0 Å². The van der Waals surface area contributed by atoms with Crippen LogP contribution in [0.2, 0.25) is 0 Å². The topological polar surface area (TPSA) is 26.3 Å². The Morgan fingerprint density at radius 2 is 0.778 bits per heavy atom. The summed E-state index contributed by atoms with van der Waals surface area (Å²) < 4.78 is 4.40. The van der Waals surface area contributed by atoms with Crippen molar-refractivity contribution >= 4 is 69.7 Å².